The van der Waals surface area contributed by atoms with Crippen LogP contribution in [0.15, 0.2) is 138 Å². The summed E-state index contributed by atoms with van der Waals surface area (Å²) in [6.07, 6.45) is 0. The number of benzene rings is 7. The molecule has 9 rings (SSSR count). The molecule has 0 saturated carbocycles. The monoisotopic (exact) mass is 534 g/mol. The Balaban J connectivity index is 1.40. The Hall–Kier alpha value is -5.85. The normalized spacial score (nSPS) is 11.8. The van der Waals surface area contributed by atoms with Crippen LogP contribution < -0.4 is 0 Å². The van der Waals surface area contributed by atoms with Gasteiger partial charge in [0, 0.05) is 38.3 Å². The van der Waals surface area contributed by atoms with Gasteiger partial charge in [-0.2, -0.15) is 0 Å². The van der Waals surface area contributed by atoms with Gasteiger partial charge in [-0.3, -0.25) is 0 Å². The van der Waals surface area contributed by atoms with Gasteiger partial charge >= 0.3 is 0 Å². The third-order valence-electron chi connectivity index (χ3n) is 8.56. The Morgan fingerprint density at radius 1 is 0.548 bits per heavy atom. The minimum absolute atomic E-state index is 0.633. The molecule has 7 aromatic carbocycles. The molecule has 0 bridgehead atoms. The average Bonchev–Trinajstić information content (AvgIpc) is 3.61. The molecule has 0 spiro atoms. The lowest BCUT2D eigenvalue weighted by atomic mass is 9.94. The fourth-order valence-electron chi connectivity index (χ4n) is 6.70. The van der Waals surface area contributed by atoms with E-state index >= 15 is 0 Å². The van der Waals surface area contributed by atoms with Gasteiger partial charge in [-0.05, 0) is 69.6 Å². The minimum Gasteiger partial charge on any atom is -0.455 e. The Morgan fingerprint density at radius 3 is 2.14 bits per heavy atom. The van der Waals surface area contributed by atoms with E-state index in [1.807, 2.05) is 18.2 Å². The molecule has 3 heteroatoms. The average molecular weight is 535 g/mol. The Labute approximate surface area is 241 Å². The first-order chi connectivity index (χ1) is 20.8. The maximum atomic E-state index is 7.62. The molecule has 194 valence electrons. The van der Waals surface area contributed by atoms with E-state index in [2.05, 4.69) is 125 Å². The number of aromatic nitrogens is 1. The first kappa shape index (κ1) is 22.9. The minimum atomic E-state index is 0.633. The van der Waals surface area contributed by atoms with Crippen molar-refractivity contribution in [3.05, 3.63) is 145 Å². The summed E-state index contributed by atoms with van der Waals surface area (Å²) in [5.41, 5.74) is 7.82. The van der Waals surface area contributed by atoms with Gasteiger partial charge in [-0.1, -0.05) is 91.0 Å². The Kier molecular flexibility index (Phi) is 4.68. The summed E-state index contributed by atoms with van der Waals surface area (Å²) in [6.45, 7) is 7.62. The van der Waals surface area contributed by atoms with E-state index in [0.29, 0.717) is 5.69 Å². The van der Waals surface area contributed by atoms with Gasteiger partial charge in [0.25, 0.3) is 0 Å². The highest BCUT2D eigenvalue weighted by Crippen LogP contribution is 2.44. The van der Waals surface area contributed by atoms with E-state index in [1.54, 1.807) is 0 Å². The van der Waals surface area contributed by atoms with Crippen LogP contribution in [0.1, 0.15) is 0 Å². The van der Waals surface area contributed by atoms with E-state index in [-0.39, 0.29) is 0 Å². The van der Waals surface area contributed by atoms with Crippen molar-refractivity contribution in [1.29, 1.82) is 0 Å². The molecule has 0 atom stereocenters. The SMILES string of the molecule is [C-]#[N+]c1ccc2c3cc(-c4cc5ccccc5c5c4oc4ccc6ccccc6c45)ccc3n(-c3ccccc3)c2c1. The van der Waals surface area contributed by atoms with Gasteiger partial charge in [0.2, 0.25) is 0 Å². The standard InChI is InChI=1S/C39H22N2O/c1-40-27-17-18-31-33-22-26(15-19-34(33)41(35(31)23-27)28-11-3-2-4-12-28)32-21-25-10-6-8-14-30(25)38-37-29-13-7-5-9-24(29)16-20-36(37)42-39(32)38/h2-23H. The lowest BCUT2D eigenvalue weighted by Gasteiger charge is -2.10. The summed E-state index contributed by atoms with van der Waals surface area (Å²) in [6, 6.07) is 46.7. The van der Waals surface area contributed by atoms with Crippen LogP contribution in [0, 0.1) is 6.57 Å². The third-order valence-corrected chi connectivity index (χ3v) is 8.56. The molecule has 3 nitrogen and oxygen atoms in total. The zero-order valence-corrected chi connectivity index (χ0v) is 22.5. The summed E-state index contributed by atoms with van der Waals surface area (Å²) in [7, 11) is 0. The Bertz CT molecular complexity index is 2580. The summed E-state index contributed by atoms with van der Waals surface area (Å²) in [4.78, 5) is 3.72. The van der Waals surface area contributed by atoms with Gasteiger partial charge < -0.3 is 8.98 Å². The topological polar surface area (TPSA) is 22.4 Å². The van der Waals surface area contributed by atoms with Gasteiger partial charge in [-0.15, -0.1) is 0 Å². The Morgan fingerprint density at radius 2 is 1.31 bits per heavy atom. The molecular weight excluding hydrogens is 512 g/mol. The van der Waals surface area contributed by atoms with E-state index in [1.165, 1.54) is 21.5 Å². The van der Waals surface area contributed by atoms with Crippen molar-refractivity contribution in [1.82, 2.24) is 4.57 Å². The number of rotatable bonds is 2. The van der Waals surface area contributed by atoms with Crippen LogP contribution in [0.3, 0.4) is 0 Å². The van der Waals surface area contributed by atoms with Crippen molar-refractivity contribution >= 4 is 71.0 Å². The zero-order chi connectivity index (χ0) is 27.8. The highest BCUT2D eigenvalue weighted by Gasteiger charge is 2.20. The van der Waals surface area contributed by atoms with Crippen LogP contribution in [0.25, 0.3) is 86.9 Å². The molecule has 0 unspecified atom stereocenters. The van der Waals surface area contributed by atoms with Gasteiger partial charge in [0.1, 0.15) is 11.2 Å². The summed E-state index contributed by atoms with van der Waals surface area (Å²) in [5.74, 6) is 0. The van der Waals surface area contributed by atoms with Crippen molar-refractivity contribution in [3.63, 3.8) is 0 Å². The van der Waals surface area contributed by atoms with Crippen molar-refractivity contribution < 1.29 is 4.42 Å². The van der Waals surface area contributed by atoms with Crippen LogP contribution in [-0.4, -0.2) is 4.57 Å². The molecule has 9 aromatic rings. The summed E-state index contributed by atoms with van der Waals surface area (Å²) >= 11 is 0. The molecule has 0 aliphatic rings. The maximum Gasteiger partial charge on any atom is 0.189 e. The van der Waals surface area contributed by atoms with Crippen LogP contribution in [0.5, 0.6) is 0 Å². The molecular formula is C39H22N2O. The second-order valence-electron chi connectivity index (χ2n) is 10.8. The van der Waals surface area contributed by atoms with E-state index in [0.717, 1.165) is 60.6 Å². The maximum absolute atomic E-state index is 7.62. The number of hydrogen-bond donors (Lipinski definition) is 0. The van der Waals surface area contributed by atoms with Crippen LogP contribution in [-0.2, 0) is 0 Å². The van der Waals surface area contributed by atoms with Crippen molar-refractivity contribution in [2.24, 2.45) is 0 Å². The molecule has 0 saturated heterocycles. The highest BCUT2D eigenvalue weighted by atomic mass is 16.3. The molecule has 2 heterocycles. The number of hydrogen-bond acceptors (Lipinski definition) is 1. The van der Waals surface area contributed by atoms with Crippen LogP contribution in [0.4, 0.5) is 5.69 Å². The first-order valence-electron chi connectivity index (χ1n) is 14.1. The van der Waals surface area contributed by atoms with Crippen molar-refractivity contribution in [2.75, 3.05) is 0 Å². The van der Waals surface area contributed by atoms with E-state index in [4.69, 9.17) is 11.0 Å². The fourth-order valence-corrected chi connectivity index (χ4v) is 6.70. The van der Waals surface area contributed by atoms with Gasteiger partial charge in [-0.25, -0.2) is 4.85 Å². The molecule has 0 aliphatic heterocycles. The van der Waals surface area contributed by atoms with Crippen molar-refractivity contribution in [3.8, 4) is 16.8 Å². The molecule has 2 aromatic heterocycles. The molecule has 0 N–H and O–H groups in total. The summed E-state index contributed by atoms with van der Waals surface area (Å²) in [5, 5.41) is 9.37. The second-order valence-corrected chi connectivity index (χ2v) is 10.8. The van der Waals surface area contributed by atoms with Gasteiger partial charge in [0.15, 0.2) is 5.69 Å². The fraction of sp³-hybridized carbons (Fsp3) is 0. The number of fused-ring (bicyclic) bond motifs is 10. The predicted molar refractivity (Wildman–Crippen MR) is 175 cm³/mol. The molecule has 0 radical (unpaired) electrons. The summed E-state index contributed by atoms with van der Waals surface area (Å²) < 4.78 is 8.98. The first-order valence-corrected chi connectivity index (χ1v) is 14.1. The van der Waals surface area contributed by atoms with Crippen molar-refractivity contribution in [2.45, 2.75) is 0 Å². The van der Waals surface area contributed by atoms with Crippen LogP contribution in [0.2, 0.25) is 0 Å². The lowest BCUT2D eigenvalue weighted by molar-refractivity contribution is 0.670. The van der Waals surface area contributed by atoms with Gasteiger partial charge in [0.05, 0.1) is 12.1 Å². The number of nitrogens with zero attached hydrogens (tertiary/aromatic N) is 2. The highest BCUT2D eigenvalue weighted by molar-refractivity contribution is 6.29. The number of para-hydroxylation sites is 1. The number of furan rings is 1. The quantitative estimate of drug-likeness (QED) is 0.202. The molecule has 42 heavy (non-hydrogen) atoms. The molecule has 0 amide bonds. The smallest absolute Gasteiger partial charge is 0.189 e. The van der Waals surface area contributed by atoms with Crippen LogP contribution >= 0.6 is 0 Å². The lowest BCUT2D eigenvalue weighted by Crippen LogP contribution is -1.93. The second kappa shape index (κ2) is 8.57. The molecule has 0 aliphatic carbocycles. The third kappa shape index (κ3) is 3.15. The van der Waals surface area contributed by atoms with E-state index < -0.39 is 0 Å². The largest absolute Gasteiger partial charge is 0.455 e. The predicted octanol–water partition coefficient (Wildman–Crippen LogP) is 11.2. The molecule has 0 fully saturated rings. The zero-order valence-electron chi connectivity index (χ0n) is 22.5. The van der Waals surface area contributed by atoms with E-state index in [9.17, 15) is 0 Å².